The summed E-state index contributed by atoms with van der Waals surface area (Å²) in [6.45, 7) is 5.96. The summed E-state index contributed by atoms with van der Waals surface area (Å²) in [5.41, 5.74) is 8.99. The van der Waals surface area contributed by atoms with Gasteiger partial charge in [-0.3, -0.25) is 9.78 Å². The number of anilines is 1. The molecular weight excluding hydrogens is 358 g/mol. The van der Waals surface area contributed by atoms with Crippen molar-refractivity contribution in [3.8, 4) is 5.75 Å². The van der Waals surface area contributed by atoms with Crippen LogP contribution in [0.1, 0.15) is 47.0 Å². The predicted molar refractivity (Wildman–Crippen MR) is 112 cm³/mol. The lowest BCUT2D eigenvalue weighted by molar-refractivity contribution is 0.0955. The van der Waals surface area contributed by atoms with Gasteiger partial charge >= 0.3 is 0 Å². The number of pyridine rings is 1. The number of hydrogen-bond acceptors (Lipinski definition) is 5. The molecule has 0 spiro atoms. The van der Waals surface area contributed by atoms with Crippen molar-refractivity contribution in [2.24, 2.45) is 0 Å². The van der Waals surface area contributed by atoms with Crippen LogP contribution in [0.2, 0.25) is 0 Å². The fourth-order valence-electron chi connectivity index (χ4n) is 3.22. The van der Waals surface area contributed by atoms with Crippen LogP contribution in [-0.4, -0.2) is 24.0 Å². The van der Waals surface area contributed by atoms with E-state index in [1.807, 2.05) is 32.9 Å². The number of amides is 1. The number of aromatic nitrogens is 1. The van der Waals surface area contributed by atoms with Crippen LogP contribution in [0.4, 0.5) is 5.69 Å². The lowest BCUT2D eigenvalue weighted by Gasteiger charge is -2.05. The van der Waals surface area contributed by atoms with Gasteiger partial charge in [-0.25, -0.2) is 0 Å². The molecule has 2 aromatic heterocycles. The second-order valence-electron chi connectivity index (χ2n) is 6.37. The first-order valence-electron chi connectivity index (χ1n) is 9.16. The van der Waals surface area contributed by atoms with Gasteiger partial charge in [-0.2, -0.15) is 0 Å². The first-order valence-corrected chi connectivity index (χ1v) is 9.97. The van der Waals surface area contributed by atoms with Gasteiger partial charge in [-0.15, -0.1) is 11.3 Å². The number of thiophene rings is 1. The molecule has 0 aliphatic heterocycles. The van der Waals surface area contributed by atoms with Crippen LogP contribution in [-0.2, 0) is 0 Å². The van der Waals surface area contributed by atoms with Crippen molar-refractivity contribution in [2.45, 2.75) is 39.2 Å². The van der Waals surface area contributed by atoms with Crippen LogP contribution >= 0.6 is 11.3 Å². The largest absolute Gasteiger partial charge is 0.497 e. The zero-order valence-electron chi connectivity index (χ0n) is 16.1. The molecule has 1 amide bonds. The molecule has 2 unspecified atom stereocenters. The summed E-state index contributed by atoms with van der Waals surface area (Å²) < 4.78 is 6.13. The molecule has 1 aromatic carbocycles. The molecule has 0 bridgehead atoms. The second-order valence-corrected chi connectivity index (χ2v) is 7.42. The number of hydrogen-bond donors (Lipinski definition) is 2. The van der Waals surface area contributed by atoms with Gasteiger partial charge in [0.2, 0.25) is 0 Å². The SMILES string of the molecule is CC.COc1ccc(C2CC2NC(=O)c2sc3cncc(C)c3c2N)cc1. The standard InChI is InChI=1S/C19H19N3O2S.C2H6/c1-10-8-21-9-15-16(10)17(20)18(25-15)19(23)22-14-7-13(14)11-3-5-12(24-2)6-4-11;1-2/h3-6,8-9,13-14H,7,20H2,1-2H3,(H,22,23);1-2H3. The van der Waals surface area contributed by atoms with Crippen molar-refractivity contribution < 1.29 is 9.53 Å². The summed E-state index contributed by atoms with van der Waals surface area (Å²) in [6, 6.07) is 8.17. The zero-order valence-corrected chi connectivity index (χ0v) is 16.9. The monoisotopic (exact) mass is 383 g/mol. The van der Waals surface area contributed by atoms with Crippen LogP contribution < -0.4 is 15.8 Å². The summed E-state index contributed by atoms with van der Waals surface area (Å²) in [6.07, 6.45) is 4.48. The van der Waals surface area contributed by atoms with Crippen LogP contribution in [0.25, 0.3) is 10.1 Å². The number of carbonyl (C=O) groups is 1. The maximum absolute atomic E-state index is 12.7. The fourth-order valence-corrected chi connectivity index (χ4v) is 4.29. The number of methoxy groups -OCH3 is 1. The van der Waals surface area contributed by atoms with Crippen molar-refractivity contribution in [3.05, 3.63) is 52.7 Å². The lowest BCUT2D eigenvalue weighted by atomic mass is 10.1. The van der Waals surface area contributed by atoms with Crippen molar-refractivity contribution >= 4 is 33.0 Å². The molecule has 5 nitrogen and oxygen atoms in total. The number of nitrogens with one attached hydrogen (secondary N) is 1. The molecule has 6 heteroatoms. The number of ether oxygens (including phenoxy) is 1. The van der Waals surface area contributed by atoms with Crippen molar-refractivity contribution in [3.63, 3.8) is 0 Å². The molecular formula is C21H25N3O2S. The van der Waals surface area contributed by atoms with Crippen molar-refractivity contribution in [2.75, 3.05) is 12.8 Å². The number of benzene rings is 1. The number of nitrogen functional groups attached to an aromatic ring is 1. The number of carbonyl (C=O) groups excluding carboxylic acids is 1. The number of nitrogens with zero attached hydrogens (tertiary/aromatic N) is 1. The maximum Gasteiger partial charge on any atom is 0.263 e. The summed E-state index contributed by atoms with van der Waals surface area (Å²) in [5, 5.41) is 4.05. The van der Waals surface area contributed by atoms with E-state index < -0.39 is 0 Å². The normalized spacial score (nSPS) is 17.8. The van der Waals surface area contributed by atoms with Gasteiger partial charge in [0.25, 0.3) is 5.91 Å². The van der Waals surface area contributed by atoms with Gasteiger partial charge in [0, 0.05) is 29.7 Å². The van der Waals surface area contributed by atoms with Crippen LogP contribution in [0.15, 0.2) is 36.7 Å². The molecule has 27 heavy (non-hydrogen) atoms. The third-order valence-electron chi connectivity index (χ3n) is 4.68. The van der Waals surface area contributed by atoms with E-state index in [9.17, 15) is 4.79 Å². The van der Waals surface area contributed by atoms with Gasteiger partial charge in [0.05, 0.1) is 17.5 Å². The Hall–Kier alpha value is -2.60. The number of nitrogens with two attached hydrogens (primary N) is 1. The predicted octanol–water partition coefficient (Wildman–Crippen LogP) is 4.51. The molecule has 4 rings (SSSR count). The van der Waals surface area contributed by atoms with Gasteiger partial charge in [0.1, 0.15) is 10.6 Å². The average Bonchev–Trinajstić information content (AvgIpc) is 3.37. The van der Waals surface area contributed by atoms with Gasteiger partial charge in [-0.05, 0) is 36.6 Å². The zero-order chi connectivity index (χ0) is 19.6. The van der Waals surface area contributed by atoms with E-state index in [0.29, 0.717) is 16.5 Å². The van der Waals surface area contributed by atoms with E-state index in [1.54, 1.807) is 19.5 Å². The first-order chi connectivity index (χ1) is 13.1. The Kier molecular flexibility index (Phi) is 5.65. The fraction of sp³-hybridized carbons (Fsp3) is 0.333. The molecule has 1 fully saturated rings. The Bertz CT molecular complexity index is 950. The molecule has 142 valence electrons. The van der Waals surface area contributed by atoms with Crippen LogP contribution in [0, 0.1) is 6.92 Å². The van der Waals surface area contributed by atoms with E-state index in [1.165, 1.54) is 16.9 Å². The Morgan fingerprint density at radius 2 is 1.96 bits per heavy atom. The molecule has 2 heterocycles. The van der Waals surface area contributed by atoms with Gasteiger partial charge in [-0.1, -0.05) is 26.0 Å². The minimum absolute atomic E-state index is 0.0980. The quantitative estimate of drug-likeness (QED) is 0.695. The molecule has 2 atom stereocenters. The number of aryl methyl sites for hydroxylation is 1. The first kappa shape index (κ1) is 19.2. The average molecular weight is 384 g/mol. The van der Waals surface area contributed by atoms with E-state index >= 15 is 0 Å². The molecule has 3 N–H and O–H groups in total. The van der Waals surface area contributed by atoms with E-state index in [4.69, 9.17) is 10.5 Å². The van der Waals surface area contributed by atoms with Crippen LogP contribution in [0.5, 0.6) is 5.75 Å². The Morgan fingerprint density at radius 1 is 1.26 bits per heavy atom. The van der Waals surface area contributed by atoms with E-state index in [0.717, 1.165) is 27.8 Å². The maximum atomic E-state index is 12.7. The highest BCUT2D eigenvalue weighted by molar-refractivity contribution is 7.21. The molecule has 1 saturated carbocycles. The third kappa shape index (κ3) is 3.76. The number of fused-ring (bicyclic) bond motifs is 1. The molecule has 0 radical (unpaired) electrons. The minimum Gasteiger partial charge on any atom is -0.497 e. The number of rotatable bonds is 4. The Morgan fingerprint density at radius 3 is 2.59 bits per heavy atom. The molecule has 0 saturated heterocycles. The third-order valence-corrected chi connectivity index (χ3v) is 5.82. The van der Waals surface area contributed by atoms with E-state index in [-0.39, 0.29) is 11.9 Å². The van der Waals surface area contributed by atoms with E-state index in [2.05, 4.69) is 22.4 Å². The minimum atomic E-state index is -0.0980. The molecule has 1 aliphatic rings. The second kappa shape index (κ2) is 7.96. The lowest BCUT2D eigenvalue weighted by Crippen LogP contribution is -2.26. The summed E-state index contributed by atoms with van der Waals surface area (Å²) >= 11 is 1.40. The topological polar surface area (TPSA) is 77.2 Å². The van der Waals surface area contributed by atoms with Gasteiger partial charge < -0.3 is 15.8 Å². The smallest absolute Gasteiger partial charge is 0.263 e. The molecule has 1 aliphatic carbocycles. The summed E-state index contributed by atoms with van der Waals surface area (Å²) in [7, 11) is 1.65. The van der Waals surface area contributed by atoms with Gasteiger partial charge in [0.15, 0.2) is 0 Å². The summed E-state index contributed by atoms with van der Waals surface area (Å²) in [5.74, 6) is 1.10. The molecule has 3 aromatic rings. The Labute approximate surface area is 163 Å². The Balaban J connectivity index is 0.00000102. The highest BCUT2D eigenvalue weighted by Crippen LogP contribution is 2.42. The highest BCUT2D eigenvalue weighted by atomic mass is 32.1. The highest BCUT2D eigenvalue weighted by Gasteiger charge is 2.40. The summed E-state index contributed by atoms with van der Waals surface area (Å²) in [4.78, 5) is 17.4. The van der Waals surface area contributed by atoms with Crippen molar-refractivity contribution in [1.29, 1.82) is 0 Å². The van der Waals surface area contributed by atoms with Crippen molar-refractivity contribution in [1.82, 2.24) is 10.3 Å². The van der Waals surface area contributed by atoms with Crippen LogP contribution in [0.3, 0.4) is 0 Å².